The van der Waals surface area contributed by atoms with Crippen LogP contribution < -0.4 is 10.1 Å². The van der Waals surface area contributed by atoms with Gasteiger partial charge in [-0.25, -0.2) is 4.98 Å². The molecule has 1 N–H and O–H groups in total. The van der Waals surface area contributed by atoms with Crippen LogP contribution in [-0.4, -0.2) is 23.6 Å². The number of aryl methyl sites for hydroxylation is 1. The zero-order valence-electron chi connectivity index (χ0n) is 9.79. The maximum absolute atomic E-state index is 5.44. The predicted octanol–water partition coefficient (Wildman–Crippen LogP) is 1.87. The monoisotopic (exact) mass is 219 g/mol. The van der Waals surface area contributed by atoms with Crippen LogP contribution in [0.4, 0.5) is 5.82 Å². The van der Waals surface area contributed by atoms with E-state index in [0.717, 1.165) is 24.5 Å². The minimum atomic E-state index is 0.488. The first kappa shape index (κ1) is 12.3. The number of terminal acetylenes is 1. The Bertz CT molecular complexity index is 371. The number of rotatable bonds is 6. The maximum Gasteiger partial charge on any atom is 0.218 e. The van der Waals surface area contributed by atoms with Crippen LogP contribution in [0.5, 0.6) is 5.88 Å². The summed E-state index contributed by atoms with van der Waals surface area (Å²) < 4.78 is 5.44. The van der Waals surface area contributed by atoms with Gasteiger partial charge in [0, 0.05) is 26.0 Å². The van der Waals surface area contributed by atoms with Gasteiger partial charge in [-0.3, -0.25) is 0 Å². The minimum absolute atomic E-state index is 0.488. The fraction of sp³-hybridized carbons (Fsp3) is 0.500. The summed E-state index contributed by atoms with van der Waals surface area (Å²) in [6.45, 7) is 2.58. The van der Waals surface area contributed by atoms with E-state index >= 15 is 0 Å². The lowest BCUT2D eigenvalue weighted by molar-refractivity contribution is 0.313. The highest BCUT2D eigenvalue weighted by atomic mass is 16.5. The molecule has 0 saturated heterocycles. The Labute approximate surface area is 96.5 Å². The summed E-state index contributed by atoms with van der Waals surface area (Å²) in [5.41, 5.74) is 0. The van der Waals surface area contributed by atoms with Crippen LogP contribution in [0.1, 0.15) is 25.6 Å². The van der Waals surface area contributed by atoms with Gasteiger partial charge in [0.25, 0.3) is 0 Å². The first-order chi connectivity index (χ1) is 7.80. The van der Waals surface area contributed by atoms with Crippen molar-refractivity contribution in [2.24, 2.45) is 0 Å². The highest BCUT2D eigenvalue weighted by molar-refractivity contribution is 5.37. The number of hydrogen-bond donors (Lipinski definition) is 1. The SMILES string of the molecule is C#CCCOc1cc(NC)nc(CCC)n1. The number of aromatic nitrogens is 2. The van der Waals surface area contributed by atoms with Crippen molar-refractivity contribution < 1.29 is 4.74 Å². The molecule has 0 amide bonds. The molecule has 1 aromatic rings. The predicted molar refractivity (Wildman–Crippen MR) is 64.5 cm³/mol. The molecular weight excluding hydrogens is 202 g/mol. The van der Waals surface area contributed by atoms with Crippen molar-refractivity contribution in [3.05, 3.63) is 11.9 Å². The highest BCUT2D eigenvalue weighted by Crippen LogP contribution is 2.14. The molecule has 16 heavy (non-hydrogen) atoms. The van der Waals surface area contributed by atoms with Gasteiger partial charge in [0.2, 0.25) is 5.88 Å². The van der Waals surface area contributed by atoms with E-state index in [2.05, 4.69) is 28.1 Å². The van der Waals surface area contributed by atoms with Gasteiger partial charge in [-0.05, 0) is 6.42 Å². The van der Waals surface area contributed by atoms with Gasteiger partial charge in [0.1, 0.15) is 18.2 Å². The smallest absolute Gasteiger partial charge is 0.218 e. The second kappa shape index (κ2) is 6.67. The van der Waals surface area contributed by atoms with Crippen molar-refractivity contribution in [2.75, 3.05) is 19.0 Å². The van der Waals surface area contributed by atoms with Crippen molar-refractivity contribution in [3.8, 4) is 18.2 Å². The molecule has 4 nitrogen and oxygen atoms in total. The number of ether oxygens (including phenoxy) is 1. The Hall–Kier alpha value is -1.76. The van der Waals surface area contributed by atoms with E-state index in [9.17, 15) is 0 Å². The molecule has 0 aliphatic carbocycles. The van der Waals surface area contributed by atoms with Crippen LogP contribution in [0.2, 0.25) is 0 Å². The van der Waals surface area contributed by atoms with Gasteiger partial charge in [-0.2, -0.15) is 4.98 Å². The molecule has 0 bridgehead atoms. The number of nitrogens with zero attached hydrogens (tertiary/aromatic N) is 2. The topological polar surface area (TPSA) is 47.0 Å². The third-order valence-electron chi connectivity index (χ3n) is 1.98. The lowest BCUT2D eigenvalue weighted by Crippen LogP contribution is -2.04. The second-order valence-corrected chi connectivity index (χ2v) is 3.31. The fourth-order valence-electron chi connectivity index (χ4n) is 1.22. The first-order valence-corrected chi connectivity index (χ1v) is 5.42. The maximum atomic E-state index is 5.44. The summed E-state index contributed by atoms with van der Waals surface area (Å²) >= 11 is 0. The molecule has 0 atom stereocenters. The van der Waals surface area contributed by atoms with Crippen molar-refractivity contribution in [2.45, 2.75) is 26.2 Å². The highest BCUT2D eigenvalue weighted by Gasteiger charge is 2.03. The van der Waals surface area contributed by atoms with Crippen LogP contribution in [0.15, 0.2) is 6.07 Å². The Kier molecular flexibility index (Phi) is 5.13. The molecule has 1 aromatic heterocycles. The van der Waals surface area contributed by atoms with Crippen molar-refractivity contribution in [1.82, 2.24) is 9.97 Å². The lowest BCUT2D eigenvalue weighted by atomic mass is 10.3. The molecule has 0 aromatic carbocycles. The Morgan fingerprint density at radius 1 is 1.50 bits per heavy atom. The molecule has 1 heterocycles. The Balaban J connectivity index is 2.74. The van der Waals surface area contributed by atoms with E-state index in [1.807, 2.05) is 7.05 Å². The van der Waals surface area contributed by atoms with Gasteiger partial charge in [-0.15, -0.1) is 12.3 Å². The van der Waals surface area contributed by atoms with E-state index in [4.69, 9.17) is 11.2 Å². The fourth-order valence-corrected chi connectivity index (χ4v) is 1.22. The molecule has 0 radical (unpaired) electrons. The minimum Gasteiger partial charge on any atom is -0.477 e. The zero-order chi connectivity index (χ0) is 11.8. The molecule has 0 aliphatic heterocycles. The summed E-state index contributed by atoms with van der Waals surface area (Å²) in [6.07, 6.45) is 7.60. The molecule has 0 unspecified atom stereocenters. The molecular formula is C12H17N3O. The quantitative estimate of drug-likeness (QED) is 0.586. The average Bonchev–Trinajstić information content (AvgIpc) is 2.29. The summed E-state index contributed by atoms with van der Waals surface area (Å²) in [6, 6.07) is 1.77. The van der Waals surface area contributed by atoms with Crippen LogP contribution in [0, 0.1) is 12.3 Å². The van der Waals surface area contributed by atoms with E-state index in [-0.39, 0.29) is 0 Å². The summed E-state index contributed by atoms with van der Waals surface area (Å²) in [5.74, 6) is 4.67. The first-order valence-electron chi connectivity index (χ1n) is 5.42. The third-order valence-corrected chi connectivity index (χ3v) is 1.98. The molecule has 0 aliphatic rings. The van der Waals surface area contributed by atoms with Gasteiger partial charge in [0.05, 0.1) is 0 Å². The molecule has 86 valence electrons. The van der Waals surface area contributed by atoms with Gasteiger partial charge in [-0.1, -0.05) is 6.92 Å². The largest absolute Gasteiger partial charge is 0.477 e. The van der Waals surface area contributed by atoms with Crippen molar-refractivity contribution >= 4 is 5.82 Å². The van der Waals surface area contributed by atoms with Crippen LogP contribution in [0.25, 0.3) is 0 Å². The third kappa shape index (κ3) is 3.77. The summed E-state index contributed by atoms with van der Waals surface area (Å²) in [4.78, 5) is 8.63. The number of nitrogens with one attached hydrogen (secondary N) is 1. The second-order valence-electron chi connectivity index (χ2n) is 3.31. The van der Waals surface area contributed by atoms with E-state index in [0.29, 0.717) is 18.9 Å². The van der Waals surface area contributed by atoms with Crippen LogP contribution in [-0.2, 0) is 6.42 Å². The molecule has 0 saturated carbocycles. The lowest BCUT2D eigenvalue weighted by Gasteiger charge is -2.07. The van der Waals surface area contributed by atoms with E-state index < -0.39 is 0 Å². The van der Waals surface area contributed by atoms with Gasteiger partial charge in [0.15, 0.2) is 0 Å². The molecule has 0 spiro atoms. The number of anilines is 1. The Morgan fingerprint density at radius 2 is 2.31 bits per heavy atom. The van der Waals surface area contributed by atoms with Crippen molar-refractivity contribution in [1.29, 1.82) is 0 Å². The normalized spacial score (nSPS) is 9.56. The van der Waals surface area contributed by atoms with Crippen molar-refractivity contribution in [3.63, 3.8) is 0 Å². The van der Waals surface area contributed by atoms with E-state index in [1.54, 1.807) is 6.07 Å². The summed E-state index contributed by atoms with van der Waals surface area (Å²) in [5, 5.41) is 2.99. The standard InChI is InChI=1S/C12H17N3O/c1-4-6-8-16-12-9-11(13-3)14-10(15-12)7-5-2/h1,9H,5-8H2,2-3H3,(H,13,14,15). The van der Waals surface area contributed by atoms with Crippen LogP contribution in [0.3, 0.4) is 0 Å². The van der Waals surface area contributed by atoms with E-state index in [1.165, 1.54) is 0 Å². The summed E-state index contributed by atoms with van der Waals surface area (Å²) in [7, 11) is 1.82. The molecule has 1 rings (SSSR count). The molecule has 4 heteroatoms. The van der Waals surface area contributed by atoms with Crippen LogP contribution >= 0.6 is 0 Å². The van der Waals surface area contributed by atoms with Gasteiger partial charge < -0.3 is 10.1 Å². The Morgan fingerprint density at radius 3 is 2.94 bits per heavy atom. The number of hydrogen-bond acceptors (Lipinski definition) is 4. The van der Waals surface area contributed by atoms with Gasteiger partial charge >= 0.3 is 0 Å². The molecule has 0 fully saturated rings. The zero-order valence-corrected chi connectivity index (χ0v) is 9.79. The average molecular weight is 219 g/mol.